The first-order valence-corrected chi connectivity index (χ1v) is 6.87. The molecule has 18 heavy (non-hydrogen) atoms. The molecule has 0 bridgehead atoms. The Morgan fingerprint density at radius 3 is 2.67 bits per heavy atom. The van der Waals surface area contributed by atoms with Crippen molar-refractivity contribution in [2.45, 2.75) is 26.8 Å². The number of para-hydroxylation sites is 1. The van der Waals surface area contributed by atoms with Crippen LogP contribution >= 0.6 is 0 Å². The highest BCUT2D eigenvalue weighted by molar-refractivity contribution is 5.33. The summed E-state index contributed by atoms with van der Waals surface area (Å²) in [6.45, 7) is 9.02. The van der Waals surface area contributed by atoms with Gasteiger partial charge in [0, 0.05) is 18.7 Å². The Labute approximate surface area is 111 Å². The molecule has 0 aliphatic carbocycles. The Hall–Kier alpha value is -1.06. The van der Waals surface area contributed by atoms with E-state index in [4.69, 9.17) is 4.74 Å². The zero-order valence-electron chi connectivity index (χ0n) is 11.9. The molecule has 1 aromatic carbocycles. The van der Waals surface area contributed by atoms with Crippen LogP contribution in [0.2, 0.25) is 0 Å². The van der Waals surface area contributed by atoms with Gasteiger partial charge in [0.25, 0.3) is 0 Å². The normalized spacial score (nSPS) is 10.9. The van der Waals surface area contributed by atoms with Crippen molar-refractivity contribution >= 4 is 0 Å². The molecule has 0 aromatic heterocycles. The van der Waals surface area contributed by atoms with Gasteiger partial charge in [0.2, 0.25) is 0 Å². The van der Waals surface area contributed by atoms with Crippen LogP contribution in [0.3, 0.4) is 0 Å². The van der Waals surface area contributed by atoms with E-state index in [0.29, 0.717) is 0 Å². The summed E-state index contributed by atoms with van der Waals surface area (Å²) in [4.78, 5) is 2.30. The summed E-state index contributed by atoms with van der Waals surface area (Å²) in [6.07, 6.45) is 1.19. The van der Waals surface area contributed by atoms with Crippen LogP contribution in [0.5, 0.6) is 5.75 Å². The molecule has 1 N–H and O–H groups in total. The molecule has 3 nitrogen and oxygen atoms in total. The minimum Gasteiger partial charge on any atom is -0.492 e. The van der Waals surface area contributed by atoms with Crippen molar-refractivity contribution in [3.8, 4) is 5.75 Å². The smallest absolute Gasteiger partial charge is 0.123 e. The molecular weight excluding hydrogens is 224 g/mol. The molecule has 0 saturated heterocycles. The average molecular weight is 250 g/mol. The number of nitrogens with zero attached hydrogens (tertiary/aromatic N) is 1. The van der Waals surface area contributed by atoms with E-state index in [1.807, 2.05) is 12.1 Å². The predicted molar refractivity (Wildman–Crippen MR) is 77.1 cm³/mol. The van der Waals surface area contributed by atoms with E-state index in [1.165, 1.54) is 12.0 Å². The topological polar surface area (TPSA) is 24.5 Å². The van der Waals surface area contributed by atoms with Gasteiger partial charge in [-0.1, -0.05) is 32.0 Å². The Morgan fingerprint density at radius 2 is 1.94 bits per heavy atom. The first-order chi connectivity index (χ1) is 8.77. The summed E-state index contributed by atoms with van der Waals surface area (Å²) < 4.78 is 5.87. The first-order valence-electron chi connectivity index (χ1n) is 6.87. The summed E-state index contributed by atoms with van der Waals surface area (Å²) >= 11 is 0. The minimum absolute atomic E-state index is 0.750. The molecule has 0 heterocycles. The SMILES string of the molecule is CCCN(C)CCOc1ccccc1CNCC. The summed E-state index contributed by atoms with van der Waals surface area (Å²) in [5.74, 6) is 1.00. The molecule has 0 fully saturated rings. The minimum atomic E-state index is 0.750. The quantitative estimate of drug-likeness (QED) is 0.729. The van der Waals surface area contributed by atoms with Crippen molar-refractivity contribution in [2.24, 2.45) is 0 Å². The Morgan fingerprint density at radius 1 is 1.17 bits per heavy atom. The lowest BCUT2D eigenvalue weighted by Crippen LogP contribution is -2.25. The van der Waals surface area contributed by atoms with Crippen molar-refractivity contribution in [1.29, 1.82) is 0 Å². The third-order valence-electron chi connectivity index (χ3n) is 2.87. The van der Waals surface area contributed by atoms with Gasteiger partial charge >= 0.3 is 0 Å². The summed E-state index contributed by atoms with van der Waals surface area (Å²) in [5.41, 5.74) is 1.23. The maximum Gasteiger partial charge on any atom is 0.123 e. The Bertz CT molecular complexity index is 328. The van der Waals surface area contributed by atoms with Gasteiger partial charge in [-0.25, -0.2) is 0 Å². The maximum absolute atomic E-state index is 5.87. The Kier molecular flexibility index (Phi) is 7.46. The lowest BCUT2D eigenvalue weighted by atomic mass is 10.2. The predicted octanol–water partition coefficient (Wildman–Crippen LogP) is 2.52. The van der Waals surface area contributed by atoms with Crippen LogP contribution < -0.4 is 10.1 Å². The number of ether oxygens (including phenoxy) is 1. The average Bonchev–Trinajstić information content (AvgIpc) is 2.38. The molecule has 1 aromatic rings. The summed E-state index contributed by atoms with van der Waals surface area (Å²) in [7, 11) is 2.14. The molecule has 0 amide bonds. The van der Waals surface area contributed by atoms with E-state index in [-0.39, 0.29) is 0 Å². The van der Waals surface area contributed by atoms with Crippen LogP contribution in [0, 0.1) is 0 Å². The largest absolute Gasteiger partial charge is 0.492 e. The number of rotatable bonds is 9. The fourth-order valence-corrected chi connectivity index (χ4v) is 1.86. The summed E-state index contributed by atoms with van der Waals surface area (Å²) in [6, 6.07) is 8.25. The van der Waals surface area contributed by atoms with E-state index < -0.39 is 0 Å². The molecule has 0 spiro atoms. The molecule has 0 saturated carbocycles. The van der Waals surface area contributed by atoms with E-state index in [2.05, 4.69) is 43.2 Å². The van der Waals surface area contributed by atoms with Gasteiger partial charge in [0.1, 0.15) is 12.4 Å². The van der Waals surface area contributed by atoms with Crippen molar-refractivity contribution in [3.05, 3.63) is 29.8 Å². The van der Waals surface area contributed by atoms with Gasteiger partial charge in [0.05, 0.1) is 0 Å². The third-order valence-corrected chi connectivity index (χ3v) is 2.87. The van der Waals surface area contributed by atoms with E-state index >= 15 is 0 Å². The molecule has 3 heteroatoms. The Balaban J connectivity index is 2.40. The maximum atomic E-state index is 5.87. The van der Waals surface area contributed by atoms with Crippen LogP contribution in [0.15, 0.2) is 24.3 Å². The van der Waals surface area contributed by atoms with Gasteiger partial charge in [-0.05, 0) is 32.6 Å². The van der Waals surface area contributed by atoms with Crippen molar-refractivity contribution in [3.63, 3.8) is 0 Å². The number of benzene rings is 1. The highest BCUT2D eigenvalue weighted by Gasteiger charge is 2.03. The highest BCUT2D eigenvalue weighted by atomic mass is 16.5. The molecule has 0 aliphatic rings. The first kappa shape index (κ1) is 15.0. The lowest BCUT2D eigenvalue weighted by molar-refractivity contribution is 0.236. The molecule has 0 radical (unpaired) electrons. The van der Waals surface area contributed by atoms with E-state index in [0.717, 1.165) is 38.5 Å². The van der Waals surface area contributed by atoms with Gasteiger partial charge in [-0.15, -0.1) is 0 Å². The molecule has 102 valence electrons. The zero-order valence-corrected chi connectivity index (χ0v) is 11.9. The lowest BCUT2D eigenvalue weighted by Gasteiger charge is -2.17. The van der Waals surface area contributed by atoms with Crippen molar-refractivity contribution < 1.29 is 4.74 Å². The second-order valence-electron chi connectivity index (χ2n) is 4.54. The van der Waals surface area contributed by atoms with Gasteiger partial charge in [-0.2, -0.15) is 0 Å². The fraction of sp³-hybridized carbons (Fsp3) is 0.600. The number of likely N-dealkylation sites (N-methyl/N-ethyl adjacent to an activating group) is 1. The second kappa shape index (κ2) is 8.95. The van der Waals surface area contributed by atoms with Gasteiger partial charge < -0.3 is 15.0 Å². The van der Waals surface area contributed by atoms with Crippen LogP contribution in [-0.2, 0) is 6.54 Å². The van der Waals surface area contributed by atoms with Crippen LogP contribution in [0.4, 0.5) is 0 Å². The molecule has 0 aliphatic heterocycles. The molecule has 0 atom stereocenters. The second-order valence-corrected chi connectivity index (χ2v) is 4.54. The molecular formula is C15H26N2O. The number of hydrogen-bond acceptors (Lipinski definition) is 3. The van der Waals surface area contributed by atoms with Crippen LogP contribution in [-0.4, -0.2) is 38.2 Å². The number of nitrogens with one attached hydrogen (secondary N) is 1. The van der Waals surface area contributed by atoms with E-state index in [1.54, 1.807) is 0 Å². The molecule has 0 unspecified atom stereocenters. The van der Waals surface area contributed by atoms with Crippen molar-refractivity contribution in [1.82, 2.24) is 10.2 Å². The summed E-state index contributed by atoms with van der Waals surface area (Å²) in [5, 5.41) is 3.33. The van der Waals surface area contributed by atoms with Crippen molar-refractivity contribution in [2.75, 3.05) is 33.3 Å². The van der Waals surface area contributed by atoms with Crippen LogP contribution in [0.25, 0.3) is 0 Å². The fourth-order valence-electron chi connectivity index (χ4n) is 1.86. The highest BCUT2D eigenvalue weighted by Crippen LogP contribution is 2.17. The van der Waals surface area contributed by atoms with Gasteiger partial charge in [-0.3, -0.25) is 0 Å². The van der Waals surface area contributed by atoms with Crippen LogP contribution in [0.1, 0.15) is 25.8 Å². The third kappa shape index (κ3) is 5.52. The monoisotopic (exact) mass is 250 g/mol. The van der Waals surface area contributed by atoms with E-state index in [9.17, 15) is 0 Å². The standard InChI is InChI=1S/C15H26N2O/c1-4-10-17(3)11-12-18-15-9-7-6-8-14(15)13-16-5-2/h6-9,16H,4-5,10-13H2,1-3H3. The van der Waals surface area contributed by atoms with Gasteiger partial charge in [0.15, 0.2) is 0 Å². The zero-order chi connectivity index (χ0) is 13.2. The number of hydrogen-bond donors (Lipinski definition) is 1. The molecule has 1 rings (SSSR count).